The zero-order chi connectivity index (χ0) is 23.0. The normalized spacial score (nSPS) is 14.3. The van der Waals surface area contributed by atoms with E-state index in [1.807, 2.05) is 14.1 Å². The van der Waals surface area contributed by atoms with E-state index < -0.39 is 22.1 Å². The summed E-state index contributed by atoms with van der Waals surface area (Å²) in [7, 11) is 2.82. The lowest BCUT2D eigenvalue weighted by Gasteiger charge is -2.45. The Morgan fingerprint density at radius 2 is 1.54 bits per heavy atom. The molecule has 0 rings (SSSR count). The van der Waals surface area contributed by atoms with Gasteiger partial charge in [0.05, 0.1) is 21.1 Å². The lowest BCUT2D eigenvalue weighted by Crippen LogP contribution is -2.68. The van der Waals surface area contributed by atoms with Gasteiger partial charge < -0.3 is 14.5 Å². The Morgan fingerprint density at radius 3 is 1.79 bits per heavy atom. The largest absolute Gasteiger partial charge is 0.725 e. The summed E-state index contributed by atoms with van der Waals surface area (Å²) >= 11 is 0. The molecule has 0 N–H and O–H groups in total. The molecule has 10 nitrogen and oxygen atoms in total. The average Bonchev–Trinajstić information content (AvgIpc) is 2.43. The molecule has 0 heterocycles. The van der Waals surface area contributed by atoms with Gasteiger partial charge >= 0.3 is 5.97 Å². The second-order valence-corrected chi connectivity index (χ2v) is 8.77. The van der Waals surface area contributed by atoms with Gasteiger partial charge in [-0.1, -0.05) is 20.4 Å². The number of carbonyl (C=O) groups excluding carboxylic acids is 2. The third-order valence-corrected chi connectivity index (χ3v) is 4.15. The first-order valence-electron chi connectivity index (χ1n) is 8.77. The lowest BCUT2D eigenvalue weighted by molar-refractivity contribution is -1.06. The van der Waals surface area contributed by atoms with Crippen molar-refractivity contribution in [1.82, 2.24) is 0 Å². The molecule has 0 saturated carbocycles. The molecule has 1 atom stereocenters. The van der Waals surface area contributed by atoms with Crippen LogP contribution in [0.5, 0.6) is 0 Å². The highest BCUT2D eigenvalue weighted by atomic mass is 32.3. The van der Waals surface area contributed by atoms with Crippen LogP contribution in [0.3, 0.4) is 0 Å². The fraction of sp³-hybridized carbons (Fsp3) is 0.765. The average molecular weight is 427 g/mol. The molecular weight excluding hydrogens is 392 g/mol. The van der Waals surface area contributed by atoms with Gasteiger partial charge in [-0.05, 0) is 19.8 Å². The van der Waals surface area contributed by atoms with Crippen molar-refractivity contribution in [2.45, 2.75) is 45.8 Å². The SMILES string of the molecule is C=C(C)C(=O)O[N+](C)(C)CCC.CCCC(OS(=O)(=O)[O-])(C(=O)[O-])[N+](C)(C)C. The van der Waals surface area contributed by atoms with Gasteiger partial charge in [0.15, 0.2) is 0 Å². The monoisotopic (exact) mass is 426 g/mol. The van der Waals surface area contributed by atoms with Crippen molar-refractivity contribution < 1.29 is 45.8 Å². The van der Waals surface area contributed by atoms with E-state index in [1.54, 1.807) is 13.8 Å². The van der Waals surface area contributed by atoms with Gasteiger partial charge in [-0.15, -0.1) is 4.65 Å². The summed E-state index contributed by atoms with van der Waals surface area (Å²) in [5, 5.41) is 11.1. The van der Waals surface area contributed by atoms with Crippen LogP contribution >= 0.6 is 0 Å². The zero-order valence-electron chi connectivity index (χ0n) is 18.1. The minimum Gasteiger partial charge on any atom is -0.725 e. The number of carboxylic acid groups (broad SMARTS) is 1. The minimum absolute atomic E-state index is 0.139. The van der Waals surface area contributed by atoms with Crippen molar-refractivity contribution in [2.24, 2.45) is 0 Å². The van der Waals surface area contributed by atoms with Crippen molar-refractivity contribution in [3.05, 3.63) is 12.2 Å². The van der Waals surface area contributed by atoms with Crippen molar-refractivity contribution >= 4 is 22.3 Å². The predicted molar refractivity (Wildman–Crippen MR) is 99.6 cm³/mol. The summed E-state index contributed by atoms with van der Waals surface area (Å²) in [5.41, 5.74) is -1.74. The van der Waals surface area contributed by atoms with Gasteiger partial charge in [0, 0.05) is 12.0 Å². The number of carbonyl (C=O) groups is 2. The number of hydrogen-bond donors (Lipinski definition) is 0. The molecule has 11 heteroatoms. The van der Waals surface area contributed by atoms with Crippen LogP contribution in [-0.4, -0.2) is 81.5 Å². The van der Waals surface area contributed by atoms with E-state index in [9.17, 15) is 27.7 Å². The number of rotatable bonds is 10. The molecule has 0 saturated heterocycles. The molecular formula is C17H34N2O8S. The van der Waals surface area contributed by atoms with E-state index in [0.29, 0.717) is 12.0 Å². The molecule has 0 aliphatic heterocycles. The Hall–Kier alpha value is -1.53. The molecule has 0 aliphatic carbocycles. The highest BCUT2D eigenvalue weighted by Gasteiger charge is 2.47. The van der Waals surface area contributed by atoms with Crippen LogP contribution in [0.15, 0.2) is 12.2 Å². The van der Waals surface area contributed by atoms with Crippen LogP contribution in [0.4, 0.5) is 0 Å². The van der Waals surface area contributed by atoms with Crippen molar-refractivity contribution in [3.8, 4) is 0 Å². The summed E-state index contributed by atoms with van der Waals surface area (Å²) in [5.74, 6) is -2.05. The second-order valence-electron chi connectivity index (χ2n) is 7.78. The number of hydrogen-bond acceptors (Lipinski definition) is 8. The van der Waals surface area contributed by atoms with E-state index in [0.717, 1.165) is 13.0 Å². The van der Waals surface area contributed by atoms with Crippen LogP contribution in [0.25, 0.3) is 0 Å². The van der Waals surface area contributed by atoms with Crippen LogP contribution in [0.2, 0.25) is 0 Å². The Labute approximate surface area is 168 Å². The van der Waals surface area contributed by atoms with E-state index >= 15 is 0 Å². The number of quaternary nitrogens is 2. The standard InChI is InChI=1S/C9H18NO2.C8H17NO6S/c1-6-7-10(4,5)12-9(11)8(2)3;1-5-6-8(7(10)11,9(2,3)4)15-16(12,13)14/h2,6-7H2,1,3-5H3;5-6H2,1-4H3,(H-,10,11,12,13,14)/q+1;/p-1. The van der Waals surface area contributed by atoms with Crippen molar-refractivity contribution in [2.75, 3.05) is 41.8 Å². The summed E-state index contributed by atoms with van der Waals surface area (Å²) in [6.07, 6.45) is 1.18. The quantitative estimate of drug-likeness (QED) is 0.118. The van der Waals surface area contributed by atoms with Crippen LogP contribution < -0.4 is 5.11 Å². The first-order chi connectivity index (χ1) is 12.3. The van der Waals surface area contributed by atoms with Gasteiger partial charge in [-0.25, -0.2) is 17.4 Å². The van der Waals surface area contributed by atoms with Gasteiger partial charge in [0.1, 0.15) is 26.6 Å². The third-order valence-electron chi connectivity index (χ3n) is 3.67. The van der Waals surface area contributed by atoms with Crippen LogP contribution in [0, 0.1) is 0 Å². The second kappa shape index (κ2) is 10.9. The molecule has 0 aromatic heterocycles. The number of carboxylic acids is 1. The van der Waals surface area contributed by atoms with E-state index in [2.05, 4.69) is 17.7 Å². The van der Waals surface area contributed by atoms with Gasteiger partial charge in [0.25, 0.3) is 5.72 Å². The Kier molecular flexibility index (Phi) is 11.1. The Morgan fingerprint density at radius 1 is 1.07 bits per heavy atom. The van der Waals surface area contributed by atoms with Gasteiger partial charge in [0.2, 0.25) is 10.4 Å². The van der Waals surface area contributed by atoms with E-state index in [-0.39, 0.29) is 21.5 Å². The summed E-state index contributed by atoms with van der Waals surface area (Å²) in [6, 6.07) is 0. The number of likely N-dealkylation sites (N-methyl/N-ethyl adjacent to an activating group) is 1. The fourth-order valence-electron chi connectivity index (χ4n) is 2.29. The molecule has 28 heavy (non-hydrogen) atoms. The molecule has 0 amide bonds. The Bertz CT molecular complexity index is 653. The maximum Gasteiger partial charge on any atom is 0.392 e. The lowest BCUT2D eigenvalue weighted by atomic mass is 10.1. The highest BCUT2D eigenvalue weighted by Crippen LogP contribution is 2.27. The molecule has 0 aromatic carbocycles. The first-order valence-corrected chi connectivity index (χ1v) is 10.1. The number of hydroxylamine groups is 3. The highest BCUT2D eigenvalue weighted by molar-refractivity contribution is 7.80. The van der Waals surface area contributed by atoms with Gasteiger partial charge in [-0.3, -0.25) is 9.32 Å². The first kappa shape index (κ1) is 28.7. The minimum atomic E-state index is -5.12. The fourth-order valence-corrected chi connectivity index (χ4v) is 3.01. The number of aliphatic carboxylic acids is 1. The summed E-state index contributed by atoms with van der Waals surface area (Å²) in [6.45, 7) is 9.68. The Balaban J connectivity index is 0. The van der Waals surface area contributed by atoms with E-state index in [1.165, 1.54) is 21.1 Å². The molecule has 0 aromatic rings. The smallest absolute Gasteiger partial charge is 0.392 e. The zero-order valence-corrected chi connectivity index (χ0v) is 18.9. The van der Waals surface area contributed by atoms with Crippen LogP contribution in [0.1, 0.15) is 40.0 Å². The summed E-state index contributed by atoms with van der Waals surface area (Å²) in [4.78, 5) is 27.3. The number of nitrogens with zero attached hydrogens (tertiary/aromatic N) is 2. The molecule has 0 aliphatic rings. The molecule has 0 radical (unpaired) electrons. The molecule has 166 valence electrons. The maximum atomic E-state index is 11.1. The third kappa shape index (κ3) is 10.1. The summed E-state index contributed by atoms with van der Waals surface area (Å²) < 4.78 is 35.9. The maximum absolute atomic E-state index is 11.1. The van der Waals surface area contributed by atoms with Gasteiger partial charge in [-0.2, -0.15) is 0 Å². The predicted octanol–water partition coefficient (Wildman–Crippen LogP) is -0.0772. The van der Waals surface area contributed by atoms with Crippen molar-refractivity contribution in [3.63, 3.8) is 0 Å². The molecule has 0 fully saturated rings. The molecule has 0 spiro atoms. The van der Waals surface area contributed by atoms with Crippen LogP contribution in [-0.2, 0) is 29.0 Å². The van der Waals surface area contributed by atoms with E-state index in [4.69, 9.17) is 4.84 Å². The van der Waals surface area contributed by atoms with Crippen molar-refractivity contribution in [1.29, 1.82) is 0 Å². The topological polar surface area (TPSA) is 133 Å². The molecule has 0 bridgehead atoms. The molecule has 1 unspecified atom stereocenters.